The first-order chi connectivity index (χ1) is 7.41. The van der Waals surface area contributed by atoms with E-state index < -0.39 is 0 Å². The summed E-state index contributed by atoms with van der Waals surface area (Å²) >= 11 is 6.74. The molecule has 0 aliphatic heterocycles. The standard InChI is InChI=1S/C12H15Br2NO/c1-7(2)8(3)15-12(16)10-5-4-9(13)6-11(10)14/h4-8H,1-3H3,(H,15,16). The van der Waals surface area contributed by atoms with Crippen molar-refractivity contribution >= 4 is 37.8 Å². The molecule has 0 bridgehead atoms. The zero-order chi connectivity index (χ0) is 12.3. The zero-order valence-electron chi connectivity index (χ0n) is 9.55. The first kappa shape index (κ1) is 13.7. The van der Waals surface area contributed by atoms with Crippen LogP contribution in [0.15, 0.2) is 27.1 Å². The Labute approximate surface area is 113 Å². The van der Waals surface area contributed by atoms with Crippen molar-refractivity contribution in [2.75, 3.05) is 0 Å². The fourth-order valence-electron chi connectivity index (χ4n) is 1.12. The Morgan fingerprint density at radius 1 is 1.25 bits per heavy atom. The summed E-state index contributed by atoms with van der Waals surface area (Å²) in [6.45, 7) is 6.18. The van der Waals surface area contributed by atoms with Crippen LogP contribution in [0, 0.1) is 5.92 Å². The second-order valence-corrected chi connectivity index (χ2v) is 5.90. The molecular weight excluding hydrogens is 334 g/mol. The summed E-state index contributed by atoms with van der Waals surface area (Å²) in [5.74, 6) is 0.388. The summed E-state index contributed by atoms with van der Waals surface area (Å²) in [5, 5.41) is 2.97. The summed E-state index contributed by atoms with van der Waals surface area (Å²) in [5.41, 5.74) is 0.663. The van der Waals surface area contributed by atoms with Crippen molar-refractivity contribution in [3.8, 4) is 0 Å². The summed E-state index contributed by atoms with van der Waals surface area (Å²) in [6.07, 6.45) is 0. The molecule has 1 atom stereocenters. The van der Waals surface area contributed by atoms with Gasteiger partial charge in [0.15, 0.2) is 0 Å². The normalized spacial score (nSPS) is 12.6. The van der Waals surface area contributed by atoms with Crippen LogP contribution in [0.5, 0.6) is 0 Å². The van der Waals surface area contributed by atoms with Gasteiger partial charge in [-0.05, 0) is 47.0 Å². The fourth-order valence-corrected chi connectivity index (χ4v) is 2.35. The molecular formula is C12H15Br2NO. The van der Waals surface area contributed by atoms with E-state index in [0.29, 0.717) is 11.5 Å². The maximum Gasteiger partial charge on any atom is 0.252 e. The SMILES string of the molecule is CC(C)C(C)NC(=O)c1ccc(Br)cc1Br. The van der Waals surface area contributed by atoms with Gasteiger partial charge < -0.3 is 5.32 Å². The average Bonchev–Trinajstić information content (AvgIpc) is 2.16. The number of hydrogen-bond donors (Lipinski definition) is 1. The number of nitrogens with one attached hydrogen (secondary N) is 1. The van der Waals surface area contributed by atoms with E-state index in [1.54, 1.807) is 6.07 Å². The zero-order valence-corrected chi connectivity index (χ0v) is 12.7. The van der Waals surface area contributed by atoms with Crippen LogP contribution in [-0.4, -0.2) is 11.9 Å². The third kappa shape index (κ3) is 3.59. The molecule has 1 unspecified atom stereocenters. The van der Waals surface area contributed by atoms with Crippen molar-refractivity contribution in [2.24, 2.45) is 5.92 Å². The minimum Gasteiger partial charge on any atom is -0.349 e. The largest absolute Gasteiger partial charge is 0.349 e. The minimum atomic E-state index is -0.0411. The molecule has 88 valence electrons. The van der Waals surface area contributed by atoms with E-state index in [4.69, 9.17) is 0 Å². The molecule has 0 spiro atoms. The molecule has 1 N–H and O–H groups in total. The van der Waals surface area contributed by atoms with E-state index in [1.807, 2.05) is 19.1 Å². The van der Waals surface area contributed by atoms with Crippen LogP contribution in [0.4, 0.5) is 0 Å². The molecule has 2 nitrogen and oxygen atoms in total. The third-order valence-electron chi connectivity index (χ3n) is 2.53. The molecule has 16 heavy (non-hydrogen) atoms. The molecule has 0 saturated carbocycles. The number of carbonyl (C=O) groups excluding carboxylic acids is 1. The molecule has 0 aliphatic carbocycles. The molecule has 4 heteroatoms. The lowest BCUT2D eigenvalue weighted by molar-refractivity contribution is 0.0929. The van der Waals surface area contributed by atoms with Crippen LogP contribution in [-0.2, 0) is 0 Å². The molecule has 0 radical (unpaired) electrons. The molecule has 0 aromatic heterocycles. The van der Waals surface area contributed by atoms with Crippen LogP contribution in [0.2, 0.25) is 0 Å². The van der Waals surface area contributed by atoms with E-state index in [-0.39, 0.29) is 11.9 Å². The quantitative estimate of drug-likeness (QED) is 0.879. The predicted octanol–water partition coefficient (Wildman–Crippen LogP) is 3.99. The van der Waals surface area contributed by atoms with Gasteiger partial charge in [0.25, 0.3) is 5.91 Å². The lowest BCUT2D eigenvalue weighted by Gasteiger charge is -2.17. The van der Waals surface area contributed by atoms with Crippen molar-refractivity contribution in [1.82, 2.24) is 5.32 Å². The topological polar surface area (TPSA) is 29.1 Å². The summed E-state index contributed by atoms with van der Waals surface area (Å²) in [6, 6.07) is 5.70. The molecule has 0 saturated heterocycles. The first-order valence-corrected chi connectivity index (χ1v) is 6.76. The van der Waals surface area contributed by atoms with Crippen LogP contribution >= 0.6 is 31.9 Å². The first-order valence-electron chi connectivity index (χ1n) is 5.17. The van der Waals surface area contributed by atoms with Gasteiger partial charge in [-0.1, -0.05) is 29.8 Å². The van der Waals surface area contributed by atoms with Gasteiger partial charge >= 0.3 is 0 Å². The Balaban J connectivity index is 2.81. The molecule has 0 aliphatic rings. The molecule has 1 aromatic carbocycles. The van der Waals surface area contributed by atoms with Crippen molar-refractivity contribution in [3.63, 3.8) is 0 Å². The van der Waals surface area contributed by atoms with E-state index in [2.05, 4.69) is 51.0 Å². The highest BCUT2D eigenvalue weighted by molar-refractivity contribution is 9.11. The lowest BCUT2D eigenvalue weighted by atomic mass is 10.1. The minimum absolute atomic E-state index is 0.0411. The van der Waals surface area contributed by atoms with E-state index >= 15 is 0 Å². The summed E-state index contributed by atoms with van der Waals surface area (Å²) in [4.78, 5) is 11.9. The number of carbonyl (C=O) groups is 1. The van der Waals surface area contributed by atoms with Crippen LogP contribution in [0.25, 0.3) is 0 Å². The van der Waals surface area contributed by atoms with E-state index in [9.17, 15) is 4.79 Å². The van der Waals surface area contributed by atoms with Gasteiger partial charge in [-0.3, -0.25) is 4.79 Å². The Hall–Kier alpha value is -0.350. The third-order valence-corrected chi connectivity index (χ3v) is 3.68. The van der Waals surface area contributed by atoms with Crippen LogP contribution in [0.3, 0.4) is 0 Å². The molecule has 1 amide bonds. The maximum absolute atomic E-state index is 11.9. The Kier molecular flexibility index (Phi) is 4.99. The highest BCUT2D eigenvalue weighted by Crippen LogP contribution is 2.22. The van der Waals surface area contributed by atoms with Crippen molar-refractivity contribution < 1.29 is 4.79 Å². The molecule has 1 rings (SSSR count). The van der Waals surface area contributed by atoms with Crippen LogP contribution < -0.4 is 5.32 Å². The van der Waals surface area contributed by atoms with Gasteiger partial charge in [-0.25, -0.2) is 0 Å². The number of benzene rings is 1. The summed E-state index contributed by atoms with van der Waals surface area (Å²) < 4.78 is 1.75. The predicted molar refractivity (Wildman–Crippen MR) is 73.6 cm³/mol. The Morgan fingerprint density at radius 3 is 2.38 bits per heavy atom. The smallest absolute Gasteiger partial charge is 0.252 e. The molecule has 1 aromatic rings. The van der Waals surface area contributed by atoms with Gasteiger partial charge in [0.1, 0.15) is 0 Å². The number of hydrogen-bond acceptors (Lipinski definition) is 1. The van der Waals surface area contributed by atoms with Gasteiger partial charge in [-0.15, -0.1) is 0 Å². The van der Waals surface area contributed by atoms with E-state index in [0.717, 1.165) is 8.95 Å². The maximum atomic E-state index is 11.9. The highest BCUT2D eigenvalue weighted by Gasteiger charge is 2.14. The number of halogens is 2. The Morgan fingerprint density at radius 2 is 1.88 bits per heavy atom. The Bertz CT molecular complexity index is 391. The molecule has 0 heterocycles. The van der Waals surface area contributed by atoms with Crippen LogP contribution in [0.1, 0.15) is 31.1 Å². The van der Waals surface area contributed by atoms with Gasteiger partial charge in [0.05, 0.1) is 5.56 Å². The van der Waals surface area contributed by atoms with Gasteiger partial charge in [0.2, 0.25) is 0 Å². The highest BCUT2D eigenvalue weighted by atomic mass is 79.9. The summed E-state index contributed by atoms with van der Waals surface area (Å²) in [7, 11) is 0. The fraction of sp³-hybridized carbons (Fsp3) is 0.417. The average molecular weight is 349 g/mol. The molecule has 0 fully saturated rings. The van der Waals surface area contributed by atoms with Crippen molar-refractivity contribution in [2.45, 2.75) is 26.8 Å². The second kappa shape index (κ2) is 5.82. The second-order valence-electron chi connectivity index (χ2n) is 4.13. The van der Waals surface area contributed by atoms with Gasteiger partial charge in [-0.2, -0.15) is 0 Å². The van der Waals surface area contributed by atoms with E-state index in [1.165, 1.54) is 0 Å². The number of rotatable bonds is 3. The monoisotopic (exact) mass is 347 g/mol. The number of amides is 1. The van der Waals surface area contributed by atoms with Crippen molar-refractivity contribution in [1.29, 1.82) is 0 Å². The van der Waals surface area contributed by atoms with Crippen molar-refractivity contribution in [3.05, 3.63) is 32.7 Å². The lowest BCUT2D eigenvalue weighted by Crippen LogP contribution is -2.36. The van der Waals surface area contributed by atoms with Gasteiger partial charge in [0, 0.05) is 15.0 Å².